The molecular weight excluding hydrogens is 186 g/mol. The molecule has 2 aromatic rings. The number of halogens is 1. The zero-order valence-electron chi connectivity index (χ0n) is 7.11. The van der Waals surface area contributed by atoms with E-state index in [1.54, 1.807) is 4.68 Å². The quantitative estimate of drug-likeness (QED) is 0.696. The SMILES string of the molecule is Cc1ccc(-n2ncnc2Cl)cc1. The van der Waals surface area contributed by atoms with Gasteiger partial charge in [-0.3, -0.25) is 0 Å². The van der Waals surface area contributed by atoms with Crippen molar-refractivity contribution in [3.63, 3.8) is 0 Å². The molecule has 1 aromatic carbocycles. The van der Waals surface area contributed by atoms with Crippen LogP contribution in [0.15, 0.2) is 30.6 Å². The largest absolute Gasteiger partial charge is 0.225 e. The van der Waals surface area contributed by atoms with Crippen LogP contribution < -0.4 is 0 Å². The average molecular weight is 194 g/mol. The topological polar surface area (TPSA) is 30.7 Å². The van der Waals surface area contributed by atoms with Crippen LogP contribution in [-0.2, 0) is 0 Å². The number of aromatic nitrogens is 3. The first-order chi connectivity index (χ1) is 6.27. The Morgan fingerprint density at radius 2 is 1.92 bits per heavy atom. The van der Waals surface area contributed by atoms with Crippen molar-refractivity contribution in [2.75, 3.05) is 0 Å². The molecular formula is C9H8ClN3. The first kappa shape index (κ1) is 8.26. The van der Waals surface area contributed by atoms with Crippen molar-refractivity contribution >= 4 is 11.6 Å². The van der Waals surface area contributed by atoms with Gasteiger partial charge in [0.25, 0.3) is 0 Å². The van der Waals surface area contributed by atoms with Crippen molar-refractivity contribution in [3.8, 4) is 5.69 Å². The second-order valence-corrected chi connectivity index (χ2v) is 3.11. The standard InChI is InChI=1S/C9H8ClN3/c1-7-2-4-8(5-3-7)13-9(10)11-6-12-13/h2-6H,1H3. The van der Waals surface area contributed by atoms with Crippen molar-refractivity contribution in [1.82, 2.24) is 14.8 Å². The van der Waals surface area contributed by atoms with Crippen molar-refractivity contribution in [2.45, 2.75) is 6.92 Å². The number of nitrogens with zero attached hydrogens (tertiary/aromatic N) is 3. The van der Waals surface area contributed by atoms with E-state index in [4.69, 9.17) is 11.6 Å². The molecule has 0 saturated carbocycles. The van der Waals surface area contributed by atoms with E-state index < -0.39 is 0 Å². The molecule has 0 radical (unpaired) electrons. The average Bonchev–Trinajstić information content (AvgIpc) is 2.53. The van der Waals surface area contributed by atoms with Crippen molar-refractivity contribution in [1.29, 1.82) is 0 Å². The lowest BCUT2D eigenvalue weighted by Crippen LogP contribution is -1.95. The molecule has 1 heterocycles. The van der Waals surface area contributed by atoms with Gasteiger partial charge in [0.2, 0.25) is 5.28 Å². The van der Waals surface area contributed by atoms with Gasteiger partial charge < -0.3 is 0 Å². The predicted octanol–water partition coefficient (Wildman–Crippen LogP) is 2.23. The zero-order chi connectivity index (χ0) is 9.26. The number of benzene rings is 1. The molecule has 0 aliphatic rings. The summed E-state index contributed by atoms with van der Waals surface area (Å²) >= 11 is 5.80. The van der Waals surface area contributed by atoms with Gasteiger partial charge in [0.05, 0.1) is 5.69 Å². The molecule has 3 nitrogen and oxygen atoms in total. The van der Waals surface area contributed by atoms with Gasteiger partial charge in [0.1, 0.15) is 6.33 Å². The van der Waals surface area contributed by atoms with E-state index in [1.165, 1.54) is 11.9 Å². The van der Waals surface area contributed by atoms with E-state index >= 15 is 0 Å². The van der Waals surface area contributed by atoms with Crippen LogP contribution >= 0.6 is 11.6 Å². The molecule has 4 heteroatoms. The lowest BCUT2D eigenvalue weighted by atomic mass is 10.2. The second kappa shape index (κ2) is 3.18. The van der Waals surface area contributed by atoms with Crippen molar-refractivity contribution in [3.05, 3.63) is 41.4 Å². The number of hydrogen-bond acceptors (Lipinski definition) is 2. The molecule has 0 fully saturated rings. The van der Waals surface area contributed by atoms with Crippen LogP contribution in [0.4, 0.5) is 0 Å². The molecule has 13 heavy (non-hydrogen) atoms. The summed E-state index contributed by atoms with van der Waals surface area (Å²) in [5.74, 6) is 0. The smallest absolute Gasteiger partial charge is 0.204 e. The first-order valence-electron chi connectivity index (χ1n) is 3.90. The number of hydrogen-bond donors (Lipinski definition) is 0. The van der Waals surface area contributed by atoms with Crippen LogP contribution in [0.1, 0.15) is 5.56 Å². The maximum Gasteiger partial charge on any atom is 0.225 e. The molecule has 0 aliphatic carbocycles. The lowest BCUT2D eigenvalue weighted by Gasteiger charge is -2.01. The van der Waals surface area contributed by atoms with E-state index in [0.29, 0.717) is 5.28 Å². The van der Waals surface area contributed by atoms with E-state index in [0.717, 1.165) is 5.69 Å². The van der Waals surface area contributed by atoms with Gasteiger partial charge in [0.15, 0.2) is 0 Å². The minimum atomic E-state index is 0.379. The van der Waals surface area contributed by atoms with Crippen LogP contribution in [-0.4, -0.2) is 14.8 Å². The van der Waals surface area contributed by atoms with Gasteiger partial charge in [-0.15, -0.1) is 0 Å². The fourth-order valence-electron chi connectivity index (χ4n) is 1.09. The van der Waals surface area contributed by atoms with Gasteiger partial charge in [-0.2, -0.15) is 5.10 Å². The summed E-state index contributed by atoms with van der Waals surface area (Å²) in [6.45, 7) is 2.03. The highest BCUT2D eigenvalue weighted by atomic mass is 35.5. The third kappa shape index (κ3) is 1.55. The summed E-state index contributed by atoms with van der Waals surface area (Å²) in [5, 5.41) is 4.37. The minimum Gasteiger partial charge on any atom is -0.204 e. The number of aryl methyl sites for hydroxylation is 1. The lowest BCUT2D eigenvalue weighted by molar-refractivity contribution is 0.879. The summed E-state index contributed by atoms with van der Waals surface area (Å²) in [7, 11) is 0. The van der Waals surface area contributed by atoms with E-state index in [9.17, 15) is 0 Å². The van der Waals surface area contributed by atoms with Crippen LogP contribution in [0.2, 0.25) is 5.28 Å². The fourth-order valence-corrected chi connectivity index (χ4v) is 1.27. The van der Waals surface area contributed by atoms with Crippen molar-refractivity contribution < 1.29 is 0 Å². The minimum absolute atomic E-state index is 0.379. The molecule has 0 aliphatic heterocycles. The van der Waals surface area contributed by atoms with Gasteiger partial charge >= 0.3 is 0 Å². The molecule has 0 spiro atoms. The summed E-state index contributed by atoms with van der Waals surface area (Å²) in [4.78, 5) is 3.83. The summed E-state index contributed by atoms with van der Waals surface area (Å²) < 4.78 is 1.58. The molecule has 66 valence electrons. The Morgan fingerprint density at radius 3 is 2.46 bits per heavy atom. The van der Waals surface area contributed by atoms with Gasteiger partial charge in [-0.25, -0.2) is 9.67 Å². The molecule has 0 amide bonds. The monoisotopic (exact) mass is 193 g/mol. The highest BCUT2D eigenvalue weighted by Gasteiger charge is 2.01. The molecule has 0 unspecified atom stereocenters. The second-order valence-electron chi connectivity index (χ2n) is 2.78. The molecule has 1 aromatic heterocycles. The summed E-state index contributed by atoms with van der Waals surface area (Å²) in [6, 6.07) is 7.92. The Morgan fingerprint density at radius 1 is 1.23 bits per heavy atom. The molecule has 0 atom stereocenters. The molecule has 0 saturated heterocycles. The first-order valence-corrected chi connectivity index (χ1v) is 4.28. The normalized spacial score (nSPS) is 10.3. The molecule has 2 rings (SSSR count). The Kier molecular flexibility index (Phi) is 2.02. The van der Waals surface area contributed by atoms with Crippen LogP contribution in [0, 0.1) is 6.92 Å². The third-order valence-corrected chi connectivity index (χ3v) is 2.04. The Bertz CT molecular complexity index is 405. The van der Waals surface area contributed by atoms with E-state index in [1.807, 2.05) is 31.2 Å². The van der Waals surface area contributed by atoms with Gasteiger partial charge in [-0.1, -0.05) is 17.7 Å². The Labute approximate surface area is 81.0 Å². The predicted molar refractivity (Wildman–Crippen MR) is 51.1 cm³/mol. The van der Waals surface area contributed by atoms with E-state index in [-0.39, 0.29) is 0 Å². The maximum atomic E-state index is 5.80. The van der Waals surface area contributed by atoms with E-state index in [2.05, 4.69) is 10.1 Å². The number of rotatable bonds is 1. The van der Waals surface area contributed by atoms with Crippen LogP contribution in [0.3, 0.4) is 0 Å². The summed E-state index contributed by atoms with van der Waals surface area (Å²) in [5.41, 5.74) is 2.13. The highest BCUT2D eigenvalue weighted by Crippen LogP contribution is 2.12. The summed E-state index contributed by atoms with van der Waals surface area (Å²) in [6.07, 6.45) is 1.43. The molecule has 0 N–H and O–H groups in total. The molecule has 0 bridgehead atoms. The van der Waals surface area contributed by atoms with Gasteiger partial charge in [0, 0.05) is 0 Å². The maximum absolute atomic E-state index is 5.80. The fraction of sp³-hybridized carbons (Fsp3) is 0.111. The van der Waals surface area contributed by atoms with Crippen molar-refractivity contribution in [2.24, 2.45) is 0 Å². The third-order valence-electron chi connectivity index (χ3n) is 1.78. The van der Waals surface area contributed by atoms with Gasteiger partial charge in [-0.05, 0) is 30.7 Å². The highest BCUT2D eigenvalue weighted by molar-refractivity contribution is 6.28. The van der Waals surface area contributed by atoms with Crippen LogP contribution in [0.25, 0.3) is 5.69 Å². The zero-order valence-corrected chi connectivity index (χ0v) is 7.86. The Hall–Kier alpha value is -1.35. The van der Waals surface area contributed by atoms with Crippen LogP contribution in [0.5, 0.6) is 0 Å². The Balaban J connectivity index is 2.47.